The highest BCUT2D eigenvalue weighted by Gasteiger charge is 2.43. The van der Waals surface area contributed by atoms with Crippen LogP contribution in [0.5, 0.6) is 0 Å². The molecule has 252 valence electrons. The van der Waals surface area contributed by atoms with Crippen molar-refractivity contribution in [3.63, 3.8) is 0 Å². The molecular weight excluding hydrogens is 595 g/mol. The van der Waals surface area contributed by atoms with Gasteiger partial charge in [-0.05, 0) is 57.4 Å². The Morgan fingerprint density at radius 3 is 1.78 bits per heavy atom. The minimum atomic E-state index is -0.0369. The van der Waals surface area contributed by atoms with Crippen LogP contribution in [0.3, 0.4) is 0 Å². The van der Waals surface area contributed by atoms with Crippen molar-refractivity contribution in [2.75, 3.05) is 31.1 Å². The molecule has 5 nitrogen and oxygen atoms in total. The molecule has 0 saturated carbocycles. The fourth-order valence-electron chi connectivity index (χ4n) is 6.15. The first kappa shape index (κ1) is 37.6. The number of hydrogen-bond acceptors (Lipinski definition) is 6. The SMILES string of the molecule is CCCCCCCCCCCC/[N+](CCCC)=C1/S/C(=C2\C(=O)C(c3sc(N(CCCC)CCCC)nc3C)=C2O)C(C)=C1C. The quantitative estimate of drug-likeness (QED) is 0.0764. The molecule has 0 atom stereocenters. The molecule has 1 aromatic rings. The molecule has 2 heterocycles. The summed E-state index contributed by atoms with van der Waals surface area (Å²) in [5, 5.41) is 13.6. The average Bonchev–Trinajstić information content (AvgIpc) is 3.54. The van der Waals surface area contributed by atoms with E-state index < -0.39 is 0 Å². The van der Waals surface area contributed by atoms with Crippen LogP contribution in [0.2, 0.25) is 0 Å². The Kier molecular flexibility index (Phi) is 16.5. The Morgan fingerprint density at radius 2 is 1.22 bits per heavy atom. The van der Waals surface area contributed by atoms with Gasteiger partial charge in [0.2, 0.25) is 10.8 Å². The highest BCUT2D eigenvalue weighted by atomic mass is 32.2. The molecule has 1 N–H and O–H groups in total. The lowest BCUT2D eigenvalue weighted by atomic mass is 9.85. The number of ketones is 1. The normalized spacial score (nSPS) is 18.0. The van der Waals surface area contributed by atoms with Crippen molar-refractivity contribution in [1.29, 1.82) is 0 Å². The summed E-state index contributed by atoms with van der Waals surface area (Å²) in [6.45, 7) is 19.3. The van der Waals surface area contributed by atoms with E-state index in [0.29, 0.717) is 11.1 Å². The molecule has 45 heavy (non-hydrogen) atoms. The van der Waals surface area contributed by atoms with Crippen LogP contribution in [0, 0.1) is 6.92 Å². The number of thiazole rings is 1. The molecule has 0 spiro atoms. The predicted octanol–water partition coefficient (Wildman–Crippen LogP) is 11.2. The third-order valence-corrected chi connectivity index (χ3v) is 12.0. The number of Topliss-reactive ketones (excluding diaryl/α,β-unsaturated/α-hetero) is 1. The number of rotatable bonds is 22. The van der Waals surface area contributed by atoms with E-state index in [9.17, 15) is 9.90 Å². The molecule has 3 rings (SSSR count). The van der Waals surface area contributed by atoms with Crippen LogP contribution >= 0.6 is 23.1 Å². The maximum atomic E-state index is 13.7. The van der Waals surface area contributed by atoms with Crippen molar-refractivity contribution < 1.29 is 14.5 Å². The highest BCUT2D eigenvalue weighted by molar-refractivity contribution is 8.18. The smallest absolute Gasteiger partial charge is 0.242 e. The van der Waals surface area contributed by atoms with E-state index in [-0.39, 0.29) is 11.5 Å². The molecule has 0 unspecified atom stereocenters. The van der Waals surface area contributed by atoms with Crippen LogP contribution < -0.4 is 4.90 Å². The van der Waals surface area contributed by atoms with Gasteiger partial charge < -0.3 is 10.0 Å². The van der Waals surface area contributed by atoms with E-state index >= 15 is 0 Å². The Labute approximate surface area is 283 Å². The molecule has 0 radical (unpaired) electrons. The molecular formula is C38H62N3O2S2+. The first-order valence-electron chi connectivity index (χ1n) is 18.2. The van der Waals surface area contributed by atoms with Crippen molar-refractivity contribution in [1.82, 2.24) is 4.98 Å². The van der Waals surface area contributed by atoms with Gasteiger partial charge in [-0.25, -0.2) is 9.56 Å². The number of unbranched alkanes of at least 4 members (excludes halogenated alkanes) is 12. The molecule has 0 bridgehead atoms. The van der Waals surface area contributed by atoms with Crippen molar-refractivity contribution in [2.24, 2.45) is 0 Å². The van der Waals surface area contributed by atoms with E-state index in [2.05, 4.69) is 51.0 Å². The maximum Gasteiger partial charge on any atom is 0.242 e. The van der Waals surface area contributed by atoms with Crippen molar-refractivity contribution in [2.45, 2.75) is 151 Å². The van der Waals surface area contributed by atoms with E-state index in [4.69, 9.17) is 4.98 Å². The largest absolute Gasteiger partial charge is 0.506 e. The summed E-state index contributed by atoms with van der Waals surface area (Å²) in [7, 11) is 0. The van der Waals surface area contributed by atoms with E-state index in [1.165, 1.54) is 74.8 Å². The van der Waals surface area contributed by atoms with Gasteiger partial charge in [0.25, 0.3) is 0 Å². The summed E-state index contributed by atoms with van der Waals surface area (Å²) in [4.78, 5) is 22.7. The molecule has 2 aliphatic rings. The Bertz CT molecular complexity index is 1250. The zero-order chi connectivity index (χ0) is 32.8. The molecule has 1 aliphatic heterocycles. The van der Waals surface area contributed by atoms with E-state index in [1.54, 1.807) is 23.1 Å². The summed E-state index contributed by atoms with van der Waals surface area (Å²) < 4.78 is 2.55. The number of nitrogens with zero attached hydrogens (tertiary/aromatic N) is 3. The lowest BCUT2D eigenvalue weighted by Crippen LogP contribution is -2.25. The summed E-state index contributed by atoms with van der Waals surface area (Å²) in [5.41, 5.74) is 4.17. The van der Waals surface area contributed by atoms with Gasteiger partial charge in [0.1, 0.15) is 18.8 Å². The number of aliphatic hydroxyl groups is 1. The molecule has 0 saturated heterocycles. The molecule has 7 heteroatoms. The molecule has 1 aliphatic carbocycles. The Morgan fingerprint density at radius 1 is 0.689 bits per heavy atom. The molecule has 0 amide bonds. The van der Waals surface area contributed by atoms with Crippen LogP contribution in [0.4, 0.5) is 5.13 Å². The third-order valence-electron chi connectivity index (χ3n) is 9.27. The van der Waals surface area contributed by atoms with E-state index in [1.807, 2.05) is 6.92 Å². The zero-order valence-electron chi connectivity index (χ0n) is 29.7. The van der Waals surface area contributed by atoms with E-state index in [0.717, 1.165) is 90.9 Å². The summed E-state index contributed by atoms with van der Waals surface area (Å²) >= 11 is 3.26. The fourth-order valence-corrected chi connectivity index (χ4v) is 8.72. The predicted molar refractivity (Wildman–Crippen MR) is 198 cm³/mol. The maximum absolute atomic E-state index is 13.7. The number of aliphatic hydroxyl groups excluding tert-OH is 1. The Balaban J connectivity index is 1.75. The third kappa shape index (κ3) is 10.1. The van der Waals surface area contributed by atoms with Crippen LogP contribution in [-0.4, -0.2) is 51.7 Å². The number of anilines is 1. The number of thioether (sulfide) groups is 1. The Hall–Kier alpha value is -1.86. The summed E-state index contributed by atoms with van der Waals surface area (Å²) in [6.07, 6.45) is 20.3. The minimum Gasteiger partial charge on any atom is -0.506 e. The van der Waals surface area contributed by atoms with Gasteiger partial charge in [0.05, 0.1) is 21.7 Å². The lowest BCUT2D eigenvalue weighted by molar-refractivity contribution is -0.526. The minimum absolute atomic E-state index is 0.0369. The second-order valence-electron chi connectivity index (χ2n) is 13.0. The second kappa shape index (κ2) is 19.7. The molecule has 1 aromatic heterocycles. The first-order chi connectivity index (χ1) is 21.8. The number of carbonyl (C=O) groups is 1. The van der Waals surface area contributed by atoms with Crippen LogP contribution in [-0.2, 0) is 4.79 Å². The monoisotopic (exact) mass is 656 g/mol. The van der Waals surface area contributed by atoms with Gasteiger partial charge in [0.15, 0.2) is 5.13 Å². The number of aryl methyl sites for hydroxylation is 1. The summed E-state index contributed by atoms with van der Waals surface area (Å²) in [5.74, 6) is 0.114. The van der Waals surface area contributed by atoms with Crippen LogP contribution in [0.25, 0.3) is 5.57 Å². The highest BCUT2D eigenvalue weighted by Crippen LogP contribution is 2.49. The van der Waals surface area contributed by atoms with Gasteiger partial charge in [-0.2, -0.15) is 0 Å². The fraction of sp³-hybridized carbons (Fsp3) is 0.711. The molecule has 0 aromatic carbocycles. The second-order valence-corrected chi connectivity index (χ2v) is 15.0. The standard InChI is InChI=1S/C38H61N3O2S2/c1-8-12-16-17-18-19-20-21-22-23-27-40(24-13-9-2)37-29(6)28(5)35(44-37)31-33(42)32(34(31)43)36-30(7)39-38(45-36)41(25-14-10-3)26-15-11-4/h8-27H2,1-7H3/p+1. The summed E-state index contributed by atoms with van der Waals surface area (Å²) in [6, 6.07) is 0. The van der Waals surface area contributed by atoms with Crippen LogP contribution in [0.15, 0.2) is 27.4 Å². The van der Waals surface area contributed by atoms with Gasteiger partial charge in [0, 0.05) is 36.4 Å². The van der Waals surface area contributed by atoms with Gasteiger partial charge >= 0.3 is 0 Å². The topological polar surface area (TPSA) is 56.4 Å². The molecule has 0 fully saturated rings. The average molecular weight is 657 g/mol. The lowest BCUT2D eigenvalue weighted by Gasteiger charge is -2.23. The van der Waals surface area contributed by atoms with Gasteiger partial charge in [-0.15, -0.1) is 0 Å². The number of allylic oxidation sites excluding steroid dienone is 3. The van der Waals surface area contributed by atoms with Gasteiger partial charge in [-0.1, -0.05) is 110 Å². The first-order valence-corrected chi connectivity index (χ1v) is 19.9. The van der Waals surface area contributed by atoms with Crippen molar-refractivity contribution in [3.05, 3.63) is 38.0 Å². The number of hydrogen-bond donors (Lipinski definition) is 1. The zero-order valence-corrected chi connectivity index (χ0v) is 31.3. The van der Waals surface area contributed by atoms with Crippen LogP contribution in [0.1, 0.15) is 155 Å². The number of carbonyl (C=O) groups excluding carboxylic acids is 1. The van der Waals surface area contributed by atoms with Gasteiger partial charge in [-0.3, -0.25) is 4.79 Å². The number of aromatic nitrogens is 1. The van der Waals surface area contributed by atoms with Crippen molar-refractivity contribution >= 4 is 44.6 Å². The van der Waals surface area contributed by atoms with Crippen molar-refractivity contribution in [3.8, 4) is 0 Å².